The van der Waals surface area contributed by atoms with Crippen molar-refractivity contribution in [1.82, 2.24) is 0 Å². The van der Waals surface area contributed by atoms with E-state index in [2.05, 4.69) is 6.92 Å². The molecule has 0 radical (unpaired) electrons. The molecule has 5 heteroatoms. The number of unbranched alkanes of at least 4 members (excludes halogenated alkanes) is 6. The number of aliphatic carboxylic acids is 1. The molecule has 4 atom stereocenters. The maximum atomic E-state index is 10.4. The van der Waals surface area contributed by atoms with Crippen LogP contribution in [0.3, 0.4) is 0 Å². The molecule has 5 nitrogen and oxygen atoms in total. The first-order valence-electron chi connectivity index (χ1n) is 9.28. The van der Waals surface area contributed by atoms with Gasteiger partial charge in [-0.2, -0.15) is 0 Å². The molecule has 1 aliphatic heterocycles. The fraction of sp³-hybridized carbons (Fsp3) is 0.944. The fourth-order valence-corrected chi connectivity index (χ4v) is 2.98. The third-order valence-corrected chi connectivity index (χ3v) is 4.59. The van der Waals surface area contributed by atoms with Crippen LogP contribution in [-0.4, -0.2) is 45.7 Å². The molecule has 1 fully saturated rings. The molecular formula is C18H34O5. The highest BCUT2D eigenvalue weighted by molar-refractivity contribution is 5.66. The molecular weight excluding hydrogens is 296 g/mol. The SMILES string of the molecule is CCCCCC1OC1CC(O)C(O)CCCCCCCC(=O)O. The average Bonchev–Trinajstić information content (AvgIpc) is 3.24. The van der Waals surface area contributed by atoms with Crippen LogP contribution in [0.5, 0.6) is 0 Å². The molecule has 136 valence electrons. The van der Waals surface area contributed by atoms with Crippen LogP contribution in [0.2, 0.25) is 0 Å². The quantitative estimate of drug-likeness (QED) is 0.317. The van der Waals surface area contributed by atoms with E-state index in [0.29, 0.717) is 12.8 Å². The summed E-state index contributed by atoms with van der Waals surface area (Å²) in [5.74, 6) is -0.737. The Morgan fingerprint density at radius 2 is 1.65 bits per heavy atom. The molecule has 4 unspecified atom stereocenters. The lowest BCUT2D eigenvalue weighted by molar-refractivity contribution is -0.137. The molecule has 1 rings (SSSR count). The van der Waals surface area contributed by atoms with Crippen molar-refractivity contribution < 1.29 is 24.9 Å². The molecule has 0 aromatic heterocycles. The lowest BCUT2D eigenvalue weighted by Gasteiger charge is -2.16. The van der Waals surface area contributed by atoms with Crippen molar-refractivity contribution in [3.05, 3.63) is 0 Å². The van der Waals surface area contributed by atoms with Gasteiger partial charge in [0.15, 0.2) is 0 Å². The number of ether oxygens (including phenoxy) is 1. The van der Waals surface area contributed by atoms with E-state index >= 15 is 0 Å². The number of carboxylic acids is 1. The van der Waals surface area contributed by atoms with Gasteiger partial charge in [0.05, 0.1) is 24.4 Å². The molecule has 1 saturated heterocycles. The Labute approximate surface area is 140 Å². The maximum Gasteiger partial charge on any atom is 0.303 e. The molecule has 1 aliphatic rings. The van der Waals surface area contributed by atoms with E-state index in [1.54, 1.807) is 0 Å². The molecule has 0 aromatic carbocycles. The van der Waals surface area contributed by atoms with E-state index in [4.69, 9.17) is 9.84 Å². The summed E-state index contributed by atoms with van der Waals surface area (Å²) in [6.45, 7) is 2.18. The lowest BCUT2D eigenvalue weighted by atomic mass is 9.99. The monoisotopic (exact) mass is 330 g/mol. The molecule has 0 amide bonds. The van der Waals surface area contributed by atoms with Crippen LogP contribution in [0.25, 0.3) is 0 Å². The summed E-state index contributed by atoms with van der Waals surface area (Å²) >= 11 is 0. The highest BCUT2D eigenvalue weighted by Gasteiger charge is 2.40. The lowest BCUT2D eigenvalue weighted by Crippen LogP contribution is -2.27. The predicted octanol–water partition coefficient (Wildman–Crippen LogP) is 3.26. The number of carbonyl (C=O) groups is 1. The smallest absolute Gasteiger partial charge is 0.303 e. The number of hydrogen-bond donors (Lipinski definition) is 3. The van der Waals surface area contributed by atoms with Gasteiger partial charge in [-0.05, 0) is 19.3 Å². The van der Waals surface area contributed by atoms with Crippen LogP contribution in [0.4, 0.5) is 0 Å². The van der Waals surface area contributed by atoms with Gasteiger partial charge in [-0.1, -0.05) is 51.9 Å². The molecule has 0 spiro atoms. The standard InChI is InChI=1S/C18H34O5/c1-2-3-7-11-16-17(23-16)13-15(20)14(19)10-8-5-4-6-9-12-18(21)22/h14-17,19-20H,2-13H2,1H3,(H,21,22). The zero-order valence-corrected chi connectivity index (χ0v) is 14.5. The highest BCUT2D eigenvalue weighted by Crippen LogP contribution is 2.32. The summed E-state index contributed by atoms with van der Waals surface area (Å²) in [6, 6.07) is 0. The summed E-state index contributed by atoms with van der Waals surface area (Å²) in [6.07, 6.45) is 9.59. The Morgan fingerprint density at radius 3 is 2.35 bits per heavy atom. The number of rotatable bonds is 15. The second kappa shape index (κ2) is 11.8. The van der Waals surface area contributed by atoms with E-state index in [1.165, 1.54) is 19.3 Å². The third kappa shape index (κ3) is 9.95. The van der Waals surface area contributed by atoms with Crippen molar-refractivity contribution in [1.29, 1.82) is 0 Å². The van der Waals surface area contributed by atoms with Crippen LogP contribution in [-0.2, 0) is 9.53 Å². The van der Waals surface area contributed by atoms with Crippen LogP contribution >= 0.6 is 0 Å². The van der Waals surface area contributed by atoms with Crippen molar-refractivity contribution in [2.45, 2.75) is 108 Å². The molecule has 0 bridgehead atoms. The predicted molar refractivity (Wildman–Crippen MR) is 89.4 cm³/mol. The molecule has 0 aromatic rings. The van der Waals surface area contributed by atoms with Gasteiger partial charge < -0.3 is 20.1 Å². The van der Waals surface area contributed by atoms with E-state index < -0.39 is 18.2 Å². The minimum absolute atomic E-state index is 0.132. The van der Waals surface area contributed by atoms with Crippen molar-refractivity contribution in [2.24, 2.45) is 0 Å². The van der Waals surface area contributed by atoms with E-state index in [1.807, 2.05) is 0 Å². The number of aliphatic hydroxyl groups is 2. The largest absolute Gasteiger partial charge is 0.481 e. The zero-order chi connectivity index (χ0) is 17.1. The van der Waals surface area contributed by atoms with Crippen LogP contribution < -0.4 is 0 Å². The zero-order valence-electron chi connectivity index (χ0n) is 14.5. The van der Waals surface area contributed by atoms with Crippen LogP contribution in [0.1, 0.15) is 84.0 Å². The minimum atomic E-state index is -0.737. The Bertz CT molecular complexity index is 321. The normalized spacial score (nSPS) is 22.7. The van der Waals surface area contributed by atoms with E-state index in [-0.39, 0.29) is 18.6 Å². The summed E-state index contributed by atoms with van der Waals surface area (Å²) in [7, 11) is 0. The van der Waals surface area contributed by atoms with Gasteiger partial charge in [-0.3, -0.25) is 4.79 Å². The first-order chi connectivity index (χ1) is 11.0. The van der Waals surface area contributed by atoms with Crippen LogP contribution in [0.15, 0.2) is 0 Å². The van der Waals surface area contributed by atoms with Crippen molar-refractivity contribution in [3.63, 3.8) is 0 Å². The first kappa shape index (κ1) is 20.4. The Morgan fingerprint density at radius 1 is 0.957 bits per heavy atom. The highest BCUT2D eigenvalue weighted by atomic mass is 16.6. The molecule has 0 aliphatic carbocycles. The average molecular weight is 330 g/mol. The van der Waals surface area contributed by atoms with E-state index in [0.717, 1.165) is 38.5 Å². The van der Waals surface area contributed by atoms with Crippen molar-refractivity contribution in [3.8, 4) is 0 Å². The number of carboxylic acid groups (broad SMARTS) is 1. The molecule has 23 heavy (non-hydrogen) atoms. The topological polar surface area (TPSA) is 90.3 Å². The van der Waals surface area contributed by atoms with Gasteiger partial charge in [-0.15, -0.1) is 0 Å². The molecule has 1 heterocycles. The Hall–Kier alpha value is -0.650. The van der Waals surface area contributed by atoms with E-state index in [9.17, 15) is 15.0 Å². The van der Waals surface area contributed by atoms with Crippen molar-refractivity contribution >= 4 is 5.97 Å². The van der Waals surface area contributed by atoms with Crippen LogP contribution in [0, 0.1) is 0 Å². The van der Waals surface area contributed by atoms with Gasteiger partial charge in [-0.25, -0.2) is 0 Å². The Balaban J connectivity index is 1.96. The third-order valence-electron chi connectivity index (χ3n) is 4.59. The summed E-state index contributed by atoms with van der Waals surface area (Å²) in [4.78, 5) is 10.4. The van der Waals surface area contributed by atoms with Gasteiger partial charge in [0.1, 0.15) is 0 Å². The molecule has 0 saturated carbocycles. The second-order valence-corrected chi connectivity index (χ2v) is 6.78. The second-order valence-electron chi connectivity index (χ2n) is 6.78. The number of aliphatic hydroxyl groups excluding tert-OH is 2. The summed E-state index contributed by atoms with van der Waals surface area (Å²) < 4.78 is 5.55. The summed E-state index contributed by atoms with van der Waals surface area (Å²) in [5, 5.41) is 28.5. The van der Waals surface area contributed by atoms with Gasteiger partial charge in [0, 0.05) is 12.8 Å². The van der Waals surface area contributed by atoms with Gasteiger partial charge in [0.25, 0.3) is 0 Å². The first-order valence-corrected chi connectivity index (χ1v) is 9.28. The number of hydrogen-bond acceptors (Lipinski definition) is 4. The summed E-state index contributed by atoms with van der Waals surface area (Å²) in [5.41, 5.74) is 0. The molecule has 3 N–H and O–H groups in total. The Kier molecular flexibility index (Phi) is 10.5. The fourth-order valence-electron chi connectivity index (χ4n) is 2.98. The minimum Gasteiger partial charge on any atom is -0.481 e. The number of epoxide rings is 1. The van der Waals surface area contributed by atoms with Gasteiger partial charge >= 0.3 is 5.97 Å². The van der Waals surface area contributed by atoms with Crippen molar-refractivity contribution in [2.75, 3.05) is 0 Å². The van der Waals surface area contributed by atoms with Gasteiger partial charge in [0.2, 0.25) is 0 Å². The maximum absolute atomic E-state index is 10.4.